The number of benzene rings is 3. The number of halogens is 1. The second kappa shape index (κ2) is 10.3. The second-order valence-electron chi connectivity index (χ2n) is 8.73. The molecule has 0 saturated carbocycles. The Balaban J connectivity index is 1.39. The number of rotatable bonds is 7. The lowest BCUT2D eigenvalue weighted by Gasteiger charge is -2.13. The van der Waals surface area contributed by atoms with Gasteiger partial charge in [0.1, 0.15) is 18.0 Å². The number of anilines is 3. The third kappa shape index (κ3) is 4.65. The van der Waals surface area contributed by atoms with Gasteiger partial charge in [0.25, 0.3) is 0 Å². The van der Waals surface area contributed by atoms with Crippen LogP contribution in [0.2, 0.25) is 0 Å². The van der Waals surface area contributed by atoms with E-state index < -0.39 is 0 Å². The summed E-state index contributed by atoms with van der Waals surface area (Å²) in [6.45, 7) is 0.779. The van der Waals surface area contributed by atoms with Crippen molar-refractivity contribution in [2.24, 2.45) is 0 Å². The molecule has 186 valence electrons. The maximum atomic E-state index is 11.9. The van der Waals surface area contributed by atoms with Crippen LogP contribution >= 0.6 is 11.6 Å². The van der Waals surface area contributed by atoms with Gasteiger partial charge in [-0.1, -0.05) is 66.2 Å². The Kier molecular flexibility index (Phi) is 6.37. The zero-order valence-electron chi connectivity index (χ0n) is 20.2. The number of hydrogen-bond acceptors (Lipinski definition) is 6. The molecule has 0 aliphatic rings. The quantitative estimate of drug-likeness (QED) is 0.243. The Morgan fingerprint density at radius 1 is 0.921 bits per heavy atom. The Labute approximate surface area is 223 Å². The lowest BCUT2D eigenvalue weighted by molar-refractivity contribution is -0.111. The number of aromatic nitrogens is 5. The van der Waals surface area contributed by atoms with Crippen LogP contribution in [0.5, 0.6) is 0 Å². The van der Waals surface area contributed by atoms with Crippen LogP contribution in [0.15, 0.2) is 97.1 Å². The largest absolute Gasteiger partial charge is 0.339 e. The van der Waals surface area contributed by atoms with Crippen molar-refractivity contribution in [3.63, 3.8) is 0 Å². The Hall–Kier alpha value is -4.82. The van der Waals surface area contributed by atoms with E-state index >= 15 is 0 Å². The zero-order chi connectivity index (χ0) is 25.9. The molecular weight excluding hydrogens is 498 g/mol. The summed E-state index contributed by atoms with van der Waals surface area (Å²) in [5.41, 5.74) is 5.06. The molecule has 3 aromatic carbocycles. The van der Waals surface area contributed by atoms with E-state index in [4.69, 9.17) is 16.7 Å². The molecule has 0 radical (unpaired) electrons. The topological polar surface area (TPSA) is 97.6 Å². The number of carbonyl (C=O) groups excluding carboxylic acids is 1. The maximum Gasteiger partial charge on any atom is 0.250 e. The third-order valence-electron chi connectivity index (χ3n) is 6.34. The van der Waals surface area contributed by atoms with E-state index in [1.54, 1.807) is 12.3 Å². The number of fused-ring (bicyclic) bond motifs is 4. The van der Waals surface area contributed by atoms with Crippen LogP contribution in [0, 0.1) is 0 Å². The fraction of sp³-hybridized carbons (Fsp3) is 0.0690. The van der Waals surface area contributed by atoms with Crippen LogP contribution in [0.1, 0.15) is 5.56 Å². The van der Waals surface area contributed by atoms with E-state index in [9.17, 15) is 4.79 Å². The molecule has 1 amide bonds. The summed E-state index contributed by atoms with van der Waals surface area (Å²) in [5, 5.41) is 14.8. The van der Waals surface area contributed by atoms with Gasteiger partial charge in [-0.3, -0.25) is 9.48 Å². The molecule has 9 heteroatoms. The molecule has 0 saturated heterocycles. The van der Waals surface area contributed by atoms with E-state index in [0.29, 0.717) is 17.2 Å². The molecule has 8 nitrogen and oxygen atoms in total. The number of nitrogens with zero attached hydrogens (tertiary/aromatic N) is 5. The van der Waals surface area contributed by atoms with Gasteiger partial charge in [-0.15, -0.1) is 0 Å². The molecule has 0 bridgehead atoms. The average molecular weight is 520 g/mol. The first-order chi connectivity index (χ1) is 18.7. The van der Waals surface area contributed by atoms with Gasteiger partial charge in [0.05, 0.1) is 23.4 Å². The fourth-order valence-corrected chi connectivity index (χ4v) is 4.70. The van der Waals surface area contributed by atoms with Gasteiger partial charge in [-0.05, 0) is 24.1 Å². The molecule has 0 aliphatic carbocycles. The number of pyridine rings is 1. The molecule has 38 heavy (non-hydrogen) atoms. The summed E-state index contributed by atoms with van der Waals surface area (Å²) in [5.74, 6) is 0.593. The van der Waals surface area contributed by atoms with Crippen LogP contribution in [-0.2, 0) is 17.8 Å². The van der Waals surface area contributed by atoms with Gasteiger partial charge in [-0.25, -0.2) is 15.0 Å². The van der Waals surface area contributed by atoms with Crippen LogP contribution in [-0.4, -0.2) is 30.6 Å². The molecule has 0 atom stereocenters. The molecular formula is C29H22ClN7O. The highest BCUT2D eigenvalue weighted by atomic mass is 35.5. The summed E-state index contributed by atoms with van der Waals surface area (Å²) >= 11 is 5.51. The maximum absolute atomic E-state index is 11.9. The molecule has 0 unspecified atom stereocenters. The molecule has 0 aliphatic heterocycles. The number of carbonyl (C=O) groups is 1. The van der Waals surface area contributed by atoms with Crippen molar-refractivity contribution in [2.75, 3.05) is 10.6 Å². The smallest absolute Gasteiger partial charge is 0.250 e. The van der Waals surface area contributed by atoms with Crippen LogP contribution in [0.25, 0.3) is 32.6 Å². The van der Waals surface area contributed by atoms with E-state index in [2.05, 4.69) is 72.7 Å². The van der Waals surface area contributed by atoms with E-state index in [0.717, 1.165) is 51.2 Å². The zero-order valence-corrected chi connectivity index (χ0v) is 20.9. The molecule has 3 heterocycles. The first-order valence-corrected chi connectivity index (χ1v) is 12.5. The van der Waals surface area contributed by atoms with Gasteiger partial charge in [0.2, 0.25) is 5.91 Å². The number of nitrogens with one attached hydrogen (secondary N) is 2. The van der Waals surface area contributed by atoms with Gasteiger partial charge in [-0.2, -0.15) is 5.10 Å². The summed E-state index contributed by atoms with van der Waals surface area (Å²) in [6.07, 6.45) is 7.10. The standard InChI is InChI=1S/C29H22ClN7O/c30-12-10-27(38)36-26-15-23-25(17-31-26)32-18-33-29(23)35-24-14-20-16-34-37(13-11-19-6-2-1-3-7-19)28(20)22-9-5-4-8-21(22)24/h1-10,12,14-18H,11,13H2,(H,31,36,38)(H,32,33,35). The Morgan fingerprint density at radius 3 is 2.58 bits per heavy atom. The van der Waals surface area contributed by atoms with E-state index in [-0.39, 0.29) is 5.91 Å². The summed E-state index contributed by atoms with van der Waals surface area (Å²) < 4.78 is 2.07. The minimum Gasteiger partial charge on any atom is -0.339 e. The van der Waals surface area contributed by atoms with Crippen molar-refractivity contribution in [3.05, 3.63) is 103 Å². The van der Waals surface area contributed by atoms with Gasteiger partial charge in [0, 0.05) is 45.4 Å². The van der Waals surface area contributed by atoms with Crippen molar-refractivity contribution in [1.29, 1.82) is 0 Å². The fourth-order valence-electron chi connectivity index (χ4n) is 4.59. The number of amides is 1. The van der Waals surface area contributed by atoms with E-state index in [1.807, 2.05) is 24.4 Å². The molecule has 2 N–H and O–H groups in total. The van der Waals surface area contributed by atoms with Gasteiger partial charge < -0.3 is 10.6 Å². The molecule has 6 rings (SSSR count). The number of aryl methyl sites for hydroxylation is 2. The first-order valence-electron chi connectivity index (χ1n) is 12.1. The highest BCUT2D eigenvalue weighted by Crippen LogP contribution is 2.34. The average Bonchev–Trinajstić information content (AvgIpc) is 3.36. The third-order valence-corrected chi connectivity index (χ3v) is 6.46. The molecule has 0 fully saturated rings. The van der Waals surface area contributed by atoms with Crippen LogP contribution < -0.4 is 10.6 Å². The predicted octanol–water partition coefficient (Wildman–Crippen LogP) is 6.21. The van der Waals surface area contributed by atoms with Crippen LogP contribution in [0.3, 0.4) is 0 Å². The first kappa shape index (κ1) is 23.6. The van der Waals surface area contributed by atoms with Crippen molar-refractivity contribution in [1.82, 2.24) is 24.7 Å². The minimum atomic E-state index is -0.376. The normalized spacial score (nSPS) is 11.5. The number of hydrogen-bond donors (Lipinski definition) is 2. The van der Waals surface area contributed by atoms with Crippen molar-refractivity contribution in [2.45, 2.75) is 13.0 Å². The van der Waals surface area contributed by atoms with E-state index in [1.165, 1.54) is 18.0 Å². The lowest BCUT2D eigenvalue weighted by atomic mass is 10.0. The Bertz CT molecular complexity index is 1810. The molecule has 6 aromatic rings. The van der Waals surface area contributed by atoms with Crippen molar-refractivity contribution in [3.8, 4) is 0 Å². The predicted molar refractivity (Wildman–Crippen MR) is 152 cm³/mol. The SMILES string of the molecule is O=C(C=CCl)Nc1cc2c(Nc3cc4cnn(CCc5ccccc5)c4c4ccccc34)ncnc2cn1. The van der Waals surface area contributed by atoms with Gasteiger partial charge >= 0.3 is 0 Å². The highest BCUT2D eigenvalue weighted by Gasteiger charge is 2.14. The monoisotopic (exact) mass is 519 g/mol. The van der Waals surface area contributed by atoms with Crippen LogP contribution in [0.4, 0.5) is 17.3 Å². The minimum absolute atomic E-state index is 0.370. The molecule has 3 aromatic heterocycles. The van der Waals surface area contributed by atoms with Crippen molar-refractivity contribution < 1.29 is 4.79 Å². The second-order valence-corrected chi connectivity index (χ2v) is 8.98. The summed E-state index contributed by atoms with van der Waals surface area (Å²) in [4.78, 5) is 25.0. The van der Waals surface area contributed by atoms with Gasteiger partial charge in [0.15, 0.2) is 0 Å². The lowest BCUT2D eigenvalue weighted by Crippen LogP contribution is -2.09. The Morgan fingerprint density at radius 2 is 1.74 bits per heavy atom. The summed E-state index contributed by atoms with van der Waals surface area (Å²) in [6, 6.07) is 22.5. The summed E-state index contributed by atoms with van der Waals surface area (Å²) in [7, 11) is 0. The molecule has 0 spiro atoms. The van der Waals surface area contributed by atoms with Crippen molar-refractivity contribution >= 4 is 67.4 Å². The highest BCUT2D eigenvalue weighted by molar-refractivity contribution is 6.27.